The summed E-state index contributed by atoms with van der Waals surface area (Å²) in [6.45, 7) is 8.99. The van der Waals surface area contributed by atoms with Crippen molar-refractivity contribution in [2.45, 2.75) is 26.7 Å². The first-order valence-corrected chi connectivity index (χ1v) is 8.22. The van der Waals surface area contributed by atoms with Gasteiger partial charge in [0.2, 0.25) is 0 Å². The van der Waals surface area contributed by atoms with Gasteiger partial charge >= 0.3 is 0 Å². The van der Waals surface area contributed by atoms with E-state index in [1.54, 1.807) is 0 Å². The van der Waals surface area contributed by atoms with Crippen molar-refractivity contribution in [1.29, 1.82) is 0 Å². The molecule has 1 fully saturated rings. The summed E-state index contributed by atoms with van der Waals surface area (Å²) in [5.41, 5.74) is 6.49. The van der Waals surface area contributed by atoms with Gasteiger partial charge in [0.15, 0.2) is 0 Å². The van der Waals surface area contributed by atoms with Gasteiger partial charge in [-0.1, -0.05) is 38.2 Å². The summed E-state index contributed by atoms with van der Waals surface area (Å²) in [7, 11) is 0. The van der Waals surface area contributed by atoms with Crippen LogP contribution in [0.4, 0.5) is 0 Å². The molecule has 3 nitrogen and oxygen atoms in total. The summed E-state index contributed by atoms with van der Waals surface area (Å²) in [6, 6.07) is 7.70. The molecule has 0 bridgehead atoms. The number of likely N-dealkylation sites (tertiary alicyclic amines) is 1. The molecule has 1 saturated heterocycles. The Bertz CT molecular complexity index is 476. The average Bonchev–Trinajstić information content (AvgIpc) is 2.93. The van der Waals surface area contributed by atoms with E-state index in [1.807, 2.05) is 24.3 Å². The van der Waals surface area contributed by atoms with Crippen LogP contribution < -0.4 is 10.5 Å². The highest BCUT2D eigenvalue weighted by Crippen LogP contribution is 2.23. The third-order valence-electron chi connectivity index (χ3n) is 4.26. The van der Waals surface area contributed by atoms with E-state index in [2.05, 4.69) is 18.7 Å². The van der Waals surface area contributed by atoms with Crippen LogP contribution >= 0.6 is 12.2 Å². The summed E-state index contributed by atoms with van der Waals surface area (Å²) in [6.07, 6.45) is 2.40. The number of hydrogen-bond acceptors (Lipinski definition) is 3. The first-order valence-electron chi connectivity index (χ1n) is 7.81. The van der Waals surface area contributed by atoms with E-state index in [4.69, 9.17) is 22.7 Å². The Morgan fingerprint density at radius 3 is 2.95 bits per heavy atom. The quantitative estimate of drug-likeness (QED) is 0.621. The van der Waals surface area contributed by atoms with E-state index in [9.17, 15) is 0 Å². The molecule has 1 aliphatic rings. The highest BCUT2D eigenvalue weighted by molar-refractivity contribution is 7.80. The van der Waals surface area contributed by atoms with Gasteiger partial charge in [0.25, 0.3) is 0 Å². The Hall–Kier alpha value is -1.13. The van der Waals surface area contributed by atoms with Crippen molar-refractivity contribution in [3.63, 3.8) is 0 Å². The molecule has 0 saturated carbocycles. The van der Waals surface area contributed by atoms with Crippen molar-refractivity contribution in [3.05, 3.63) is 29.8 Å². The first kappa shape index (κ1) is 16.2. The van der Waals surface area contributed by atoms with Gasteiger partial charge in [0.1, 0.15) is 10.7 Å². The Morgan fingerprint density at radius 2 is 2.29 bits per heavy atom. The molecule has 1 aromatic carbocycles. The second-order valence-corrected chi connectivity index (χ2v) is 6.63. The molecule has 1 heterocycles. The SMILES string of the molecule is CC(C)C1CCN(CCCOc2cccc(C(N)=S)c2)C1. The van der Waals surface area contributed by atoms with Crippen LogP contribution in [-0.4, -0.2) is 36.1 Å². The van der Waals surface area contributed by atoms with E-state index < -0.39 is 0 Å². The molecular weight excluding hydrogens is 280 g/mol. The highest BCUT2D eigenvalue weighted by atomic mass is 32.1. The summed E-state index contributed by atoms with van der Waals surface area (Å²) in [5, 5.41) is 0. The summed E-state index contributed by atoms with van der Waals surface area (Å²) < 4.78 is 5.79. The monoisotopic (exact) mass is 306 g/mol. The van der Waals surface area contributed by atoms with Crippen LogP contribution in [0.3, 0.4) is 0 Å². The molecule has 1 aromatic rings. The normalized spacial score (nSPS) is 19.1. The lowest BCUT2D eigenvalue weighted by atomic mass is 9.95. The Morgan fingerprint density at radius 1 is 1.48 bits per heavy atom. The number of rotatable bonds is 7. The maximum Gasteiger partial charge on any atom is 0.119 e. The highest BCUT2D eigenvalue weighted by Gasteiger charge is 2.24. The fourth-order valence-electron chi connectivity index (χ4n) is 2.83. The van der Waals surface area contributed by atoms with Crippen LogP contribution in [-0.2, 0) is 0 Å². The molecule has 0 aliphatic carbocycles. The lowest BCUT2D eigenvalue weighted by Crippen LogP contribution is -2.24. The third-order valence-corrected chi connectivity index (χ3v) is 4.49. The van der Waals surface area contributed by atoms with Gasteiger partial charge in [-0.25, -0.2) is 0 Å². The van der Waals surface area contributed by atoms with Crippen molar-refractivity contribution < 1.29 is 4.74 Å². The summed E-state index contributed by atoms with van der Waals surface area (Å²) >= 11 is 4.98. The maximum absolute atomic E-state index is 5.79. The number of benzene rings is 1. The van der Waals surface area contributed by atoms with Crippen LogP contribution in [0.5, 0.6) is 5.75 Å². The van der Waals surface area contributed by atoms with Crippen molar-refractivity contribution in [2.24, 2.45) is 17.6 Å². The minimum Gasteiger partial charge on any atom is -0.494 e. The Labute approximate surface area is 133 Å². The van der Waals surface area contributed by atoms with E-state index in [1.165, 1.54) is 19.5 Å². The molecule has 1 unspecified atom stereocenters. The van der Waals surface area contributed by atoms with E-state index >= 15 is 0 Å². The number of nitrogens with zero attached hydrogens (tertiary/aromatic N) is 1. The van der Waals surface area contributed by atoms with Crippen LogP contribution in [0.1, 0.15) is 32.3 Å². The summed E-state index contributed by atoms with van der Waals surface area (Å²) in [5.74, 6) is 2.52. The molecule has 4 heteroatoms. The average molecular weight is 306 g/mol. The third kappa shape index (κ3) is 4.97. The van der Waals surface area contributed by atoms with Crippen molar-refractivity contribution >= 4 is 17.2 Å². The second-order valence-electron chi connectivity index (χ2n) is 6.19. The van der Waals surface area contributed by atoms with E-state index in [0.29, 0.717) is 4.99 Å². The van der Waals surface area contributed by atoms with E-state index in [0.717, 1.165) is 42.7 Å². The zero-order valence-corrected chi connectivity index (χ0v) is 13.9. The molecule has 116 valence electrons. The fourth-order valence-corrected chi connectivity index (χ4v) is 2.95. The number of nitrogens with two attached hydrogens (primary N) is 1. The van der Waals surface area contributed by atoms with Gasteiger partial charge in [0, 0.05) is 18.7 Å². The topological polar surface area (TPSA) is 38.5 Å². The fraction of sp³-hybridized carbons (Fsp3) is 0.588. The molecule has 0 amide bonds. The second kappa shape index (κ2) is 7.76. The molecule has 1 atom stereocenters. The molecule has 2 rings (SSSR count). The van der Waals surface area contributed by atoms with Crippen molar-refractivity contribution in [2.75, 3.05) is 26.2 Å². The first-order chi connectivity index (χ1) is 10.1. The molecular formula is C17H26N2OS. The lowest BCUT2D eigenvalue weighted by Gasteiger charge is -2.17. The molecule has 0 radical (unpaired) electrons. The van der Waals surface area contributed by atoms with Crippen molar-refractivity contribution in [1.82, 2.24) is 4.90 Å². The van der Waals surface area contributed by atoms with Crippen LogP contribution in [0, 0.1) is 11.8 Å². The van der Waals surface area contributed by atoms with Gasteiger partial charge in [-0.05, 0) is 43.4 Å². The maximum atomic E-state index is 5.79. The minimum atomic E-state index is 0.414. The zero-order chi connectivity index (χ0) is 15.2. The zero-order valence-electron chi connectivity index (χ0n) is 13.0. The van der Waals surface area contributed by atoms with Crippen LogP contribution in [0.25, 0.3) is 0 Å². The Balaban J connectivity index is 1.68. The number of ether oxygens (including phenoxy) is 1. The molecule has 0 spiro atoms. The molecule has 1 aliphatic heterocycles. The van der Waals surface area contributed by atoms with Gasteiger partial charge in [-0.15, -0.1) is 0 Å². The number of thiocarbonyl (C=S) groups is 1. The van der Waals surface area contributed by atoms with Gasteiger partial charge < -0.3 is 15.4 Å². The summed E-state index contributed by atoms with van der Waals surface area (Å²) in [4.78, 5) is 2.97. The minimum absolute atomic E-state index is 0.414. The predicted molar refractivity (Wildman–Crippen MR) is 91.8 cm³/mol. The smallest absolute Gasteiger partial charge is 0.119 e. The van der Waals surface area contributed by atoms with Crippen LogP contribution in [0.15, 0.2) is 24.3 Å². The predicted octanol–water partition coefficient (Wildman–Crippen LogP) is 3.07. The van der Waals surface area contributed by atoms with Gasteiger partial charge in [-0.2, -0.15) is 0 Å². The lowest BCUT2D eigenvalue weighted by molar-refractivity contribution is 0.253. The van der Waals surface area contributed by atoms with E-state index in [-0.39, 0.29) is 0 Å². The van der Waals surface area contributed by atoms with Crippen LogP contribution in [0.2, 0.25) is 0 Å². The molecule has 21 heavy (non-hydrogen) atoms. The number of hydrogen-bond donors (Lipinski definition) is 1. The Kier molecular flexibility index (Phi) is 6.00. The van der Waals surface area contributed by atoms with Gasteiger partial charge in [-0.3, -0.25) is 0 Å². The molecule has 2 N–H and O–H groups in total. The van der Waals surface area contributed by atoms with Gasteiger partial charge in [0.05, 0.1) is 6.61 Å². The standard InChI is InChI=1S/C17H26N2OS/c1-13(2)15-7-9-19(12-15)8-4-10-20-16-6-3-5-14(11-16)17(18)21/h3,5-6,11,13,15H,4,7-10,12H2,1-2H3,(H2,18,21). The van der Waals surface area contributed by atoms with Crippen molar-refractivity contribution in [3.8, 4) is 5.75 Å². The largest absolute Gasteiger partial charge is 0.494 e. The molecule has 0 aromatic heterocycles.